The van der Waals surface area contributed by atoms with Crippen LogP contribution in [-0.4, -0.2) is 0 Å². The average Bonchev–Trinajstić information content (AvgIpc) is 2.44. The van der Waals surface area contributed by atoms with Crippen LogP contribution >= 0.6 is 23.2 Å². The van der Waals surface area contributed by atoms with Gasteiger partial charge < -0.3 is 0 Å². The van der Waals surface area contributed by atoms with Gasteiger partial charge >= 0.3 is 0 Å². The molecule has 0 saturated heterocycles. The SMILES string of the molecule is ClC(Cl)c1ccc2ccc3cccc4ccc1c2c34. The molecule has 0 fully saturated rings. The maximum absolute atomic E-state index is 6.09. The Kier molecular flexibility index (Phi) is 2.38. The van der Waals surface area contributed by atoms with Crippen molar-refractivity contribution in [2.24, 2.45) is 0 Å². The van der Waals surface area contributed by atoms with Crippen LogP contribution in [0.2, 0.25) is 0 Å². The summed E-state index contributed by atoms with van der Waals surface area (Å²) < 4.78 is 0. The maximum atomic E-state index is 6.09. The van der Waals surface area contributed by atoms with Crippen LogP contribution in [0, 0.1) is 0 Å². The lowest BCUT2D eigenvalue weighted by Gasteiger charge is -2.14. The maximum Gasteiger partial charge on any atom is 0.133 e. The summed E-state index contributed by atoms with van der Waals surface area (Å²) >= 11 is 12.2. The highest BCUT2D eigenvalue weighted by atomic mass is 35.5. The molecule has 0 aliphatic carbocycles. The van der Waals surface area contributed by atoms with Crippen molar-refractivity contribution in [3.8, 4) is 0 Å². The van der Waals surface area contributed by atoms with E-state index in [0.717, 1.165) is 10.9 Å². The number of benzene rings is 4. The number of halogens is 2. The molecule has 0 unspecified atom stereocenters. The van der Waals surface area contributed by atoms with Gasteiger partial charge in [-0.1, -0.05) is 54.6 Å². The van der Waals surface area contributed by atoms with Gasteiger partial charge in [-0.25, -0.2) is 0 Å². The molecule has 0 spiro atoms. The molecule has 0 N–H and O–H groups in total. The zero-order valence-electron chi connectivity index (χ0n) is 10.0. The molecule has 0 heterocycles. The van der Waals surface area contributed by atoms with E-state index in [4.69, 9.17) is 23.2 Å². The molecule has 0 aromatic heterocycles. The van der Waals surface area contributed by atoms with Crippen LogP contribution < -0.4 is 0 Å². The van der Waals surface area contributed by atoms with Gasteiger partial charge in [-0.05, 0) is 37.9 Å². The van der Waals surface area contributed by atoms with Crippen molar-refractivity contribution >= 4 is 55.5 Å². The van der Waals surface area contributed by atoms with Crippen LogP contribution in [0.1, 0.15) is 10.4 Å². The molecule has 92 valence electrons. The van der Waals surface area contributed by atoms with Crippen LogP contribution in [0.25, 0.3) is 32.3 Å². The summed E-state index contributed by atoms with van der Waals surface area (Å²) in [5.41, 5.74) is 0.981. The lowest BCUT2D eigenvalue weighted by Crippen LogP contribution is -1.89. The van der Waals surface area contributed by atoms with Crippen molar-refractivity contribution < 1.29 is 0 Å². The normalized spacial score (nSPS) is 12.2. The van der Waals surface area contributed by atoms with Crippen molar-refractivity contribution in [2.45, 2.75) is 4.84 Å². The highest BCUT2D eigenvalue weighted by Crippen LogP contribution is 2.39. The van der Waals surface area contributed by atoms with Crippen LogP contribution in [-0.2, 0) is 0 Å². The van der Waals surface area contributed by atoms with Crippen LogP contribution in [0.5, 0.6) is 0 Å². The van der Waals surface area contributed by atoms with E-state index < -0.39 is 4.84 Å². The van der Waals surface area contributed by atoms with E-state index in [1.807, 2.05) is 6.07 Å². The Hall–Kier alpha value is -1.50. The summed E-state index contributed by atoms with van der Waals surface area (Å²) in [6.45, 7) is 0. The van der Waals surface area contributed by atoms with E-state index in [1.54, 1.807) is 0 Å². The lowest BCUT2D eigenvalue weighted by molar-refractivity contribution is 1.40. The van der Waals surface area contributed by atoms with Crippen LogP contribution in [0.3, 0.4) is 0 Å². The highest BCUT2D eigenvalue weighted by molar-refractivity contribution is 6.45. The van der Waals surface area contributed by atoms with Crippen LogP contribution in [0.4, 0.5) is 0 Å². The van der Waals surface area contributed by atoms with Gasteiger partial charge in [-0.3, -0.25) is 0 Å². The fourth-order valence-corrected chi connectivity index (χ4v) is 3.33. The quantitative estimate of drug-likeness (QED) is 0.294. The lowest BCUT2D eigenvalue weighted by atomic mass is 9.92. The fraction of sp³-hybridized carbons (Fsp3) is 0.0588. The average molecular weight is 285 g/mol. The predicted molar refractivity (Wildman–Crippen MR) is 84.6 cm³/mol. The first-order valence-corrected chi connectivity index (χ1v) is 7.07. The standard InChI is InChI=1S/C17H10Cl2/c18-17(19)14-9-7-12-5-4-10-2-1-3-11-6-8-13(14)16(12)15(10)11/h1-9,17H. The zero-order chi connectivity index (χ0) is 13.0. The van der Waals surface area contributed by atoms with E-state index >= 15 is 0 Å². The smallest absolute Gasteiger partial charge is 0.100 e. The Bertz CT molecular complexity index is 878. The van der Waals surface area contributed by atoms with Crippen LogP contribution in [0.15, 0.2) is 54.6 Å². The second-order valence-electron chi connectivity index (χ2n) is 4.81. The largest absolute Gasteiger partial charge is 0.133 e. The molecule has 0 nitrogen and oxygen atoms in total. The van der Waals surface area contributed by atoms with Crippen molar-refractivity contribution in [2.75, 3.05) is 0 Å². The monoisotopic (exact) mass is 284 g/mol. The summed E-state index contributed by atoms with van der Waals surface area (Å²) in [6, 6.07) is 19.1. The second-order valence-corrected chi connectivity index (χ2v) is 5.91. The minimum atomic E-state index is -0.496. The molecule has 4 rings (SSSR count). The molecule has 0 saturated carbocycles. The molecule has 0 amide bonds. The Morgan fingerprint density at radius 2 is 1.21 bits per heavy atom. The van der Waals surface area contributed by atoms with Gasteiger partial charge in [0.05, 0.1) is 0 Å². The third kappa shape index (κ3) is 1.54. The summed E-state index contributed by atoms with van der Waals surface area (Å²) in [5, 5.41) is 7.46. The molecule has 2 heteroatoms. The molecule has 19 heavy (non-hydrogen) atoms. The molecule has 0 atom stereocenters. The van der Waals surface area contributed by atoms with Crippen molar-refractivity contribution in [1.82, 2.24) is 0 Å². The summed E-state index contributed by atoms with van der Waals surface area (Å²) in [6.07, 6.45) is 0. The van der Waals surface area contributed by atoms with Gasteiger partial charge in [0.2, 0.25) is 0 Å². The Morgan fingerprint density at radius 1 is 0.632 bits per heavy atom. The molecule has 0 bridgehead atoms. The van der Waals surface area contributed by atoms with E-state index in [2.05, 4.69) is 48.5 Å². The first-order valence-electron chi connectivity index (χ1n) is 6.20. The van der Waals surface area contributed by atoms with Crippen molar-refractivity contribution in [3.05, 3.63) is 60.2 Å². The predicted octanol–water partition coefficient (Wildman–Crippen LogP) is 6.06. The molecular weight excluding hydrogens is 275 g/mol. The van der Waals surface area contributed by atoms with E-state index in [0.29, 0.717) is 0 Å². The Morgan fingerprint density at radius 3 is 1.89 bits per heavy atom. The number of alkyl halides is 2. The highest BCUT2D eigenvalue weighted by Gasteiger charge is 2.13. The van der Waals surface area contributed by atoms with Gasteiger partial charge in [-0.15, -0.1) is 23.2 Å². The van der Waals surface area contributed by atoms with Gasteiger partial charge in [0.15, 0.2) is 0 Å². The molecule has 4 aromatic carbocycles. The topological polar surface area (TPSA) is 0 Å². The molecule has 0 aliphatic rings. The van der Waals surface area contributed by atoms with E-state index in [1.165, 1.54) is 26.9 Å². The second kappa shape index (κ2) is 4.00. The number of rotatable bonds is 1. The third-order valence-electron chi connectivity index (χ3n) is 3.80. The zero-order valence-corrected chi connectivity index (χ0v) is 11.5. The van der Waals surface area contributed by atoms with E-state index in [9.17, 15) is 0 Å². The van der Waals surface area contributed by atoms with Gasteiger partial charge in [0.25, 0.3) is 0 Å². The third-order valence-corrected chi connectivity index (χ3v) is 4.27. The van der Waals surface area contributed by atoms with Gasteiger partial charge in [-0.2, -0.15) is 0 Å². The Labute approximate surface area is 120 Å². The minimum absolute atomic E-state index is 0.496. The summed E-state index contributed by atoms with van der Waals surface area (Å²) in [7, 11) is 0. The number of hydrogen-bond acceptors (Lipinski definition) is 0. The first kappa shape index (κ1) is 11.3. The van der Waals surface area contributed by atoms with Gasteiger partial charge in [0.1, 0.15) is 4.84 Å². The Balaban J connectivity index is 2.35. The fourth-order valence-electron chi connectivity index (χ4n) is 2.95. The van der Waals surface area contributed by atoms with E-state index in [-0.39, 0.29) is 0 Å². The summed E-state index contributed by atoms with van der Waals surface area (Å²) in [5.74, 6) is 0. The van der Waals surface area contributed by atoms with Crippen molar-refractivity contribution in [1.29, 1.82) is 0 Å². The minimum Gasteiger partial charge on any atom is -0.100 e. The molecule has 4 aromatic rings. The molecule has 0 aliphatic heterocycles. The van der Waals surface area contributed by atoms with Gasteiger partial charge in [0, 0.05) is 0 Å². The summed E-state index contributed by atoms with van der Waals surface area (Å²) in [4.78, 5) is -0.496. The number of hydrogen-bond donors (Lipinski definition) is 0. The van der Waals surface area contributed by atoms with Crippen molar-refractivity contribution in [3.63, 3.8) is 0 Å². The first-order chi connectivity index (χ1) is 9.25. The molecule has 0 radical (unpaired) electrons. The molecular formula is C17H10Cl2.